The Morgan fingerprint density at radius 3 is 2.84 bits per heavy atom. The van der Waals surface area contributed by atoms with Crippen molar-refractivity contribution in [1.82, 2.24) is 15.2 Å². The molecule has 7 nitrogen and oxygen atoms in total. The largest absolute Gasteiger partial charge is 0.351 e. The predicted octanol–water partition coefficient (Wildman–Crippen LogP) is 1.64. The molecule has 0 aliphatic carbocycles. The van der Waals surface area contributed by atoms with Crippen molar-refractivity contribution in [3.63, 3.8) is 0 Å². The monoisotopic (exact) mass is 365 g/mol. The van der Waals surface area contributed by atoms with E-state index in [1.165, 1.54) is 12.3 Å². The first-order valence-corrected chi connectivity index (χ1v) is 9.94. The van der Waals surface area contributed by atoms with Gasteiger partial charge in [-0.2, -0.15) is 10.1 Å². The number of nitrogens with zero attached hydrogens (tertiary/aromatic N) is 4. The maximum atomic E-state index is 13.7. The molecule has 1 aromatic carbocycles. The third-order valence-electron chi connectivity index (χ3n) is 4.23. The first-order chi connectivity index (χ1) is 12.0. The molecule has 1 fully saturated rings. The van der Waals surface area contributed by atoms with E-state index in [1.807, 2.05) is 11.8 Å². The fourth-order valence-corrected chi connectivity index (χ4v) is 4.68. The average molecular weight is 365 g/mol. The third-order valence-corrected chi connectivity index (χ3v) is 5.98. The van der Waals surface area contributed by atoms with E-state index in [1.54, 1.807) is 18.2 Å². The zero-order valence-electron chi connectivity index (χ0n) is 13.9. The smallest absolute Gasteiger partial charge is 0.244 e. The fourth-order valence-electron chi connectivity index (χ4n) is 2.95. The molecule has 25 heavy (non-hydrogen) atoms. The summed E-state index contributed by atoms with van der Waals surface area (Å²) in [5.41, 5.74) is 0.505. The summed E-state index contributed by atoms with van der Waals surface area (Å²) in [4.78, 5) is 6.33. The molecule has 1 aromatic heterocycles. The number of rotatable bonds is 6. The van der Waals surface area contributed by atoms with Crippen molar-refractivity contribution in [3.8, 4) is 0 Å². The second-order valence-corrected chi connectivity index (χ2v) is 8.15. The number of aromatic nitrogens is 3. The lowest BCUT2D eigenvalue weighted by Crippen LogP contribution is -2.37. The van der Waals surface area contributed by atoms with Gasteiger partial charge in [0.15, 0.2) is 15.7 Å². The third kappa shape index (κ3) is 4.22. The molecule has 9 heteroatoms. The molecule has 0 amide bonds. The van der Waals surface area contributed by atoms with Gasteiger partial charge in [-0.3, -0.25) is 0 Å². The number of halogens is 1. The van der Waals surface area contributed by atoms with Crippen LogP contribution in [0.1, 0.15) is 18.9 Å². The lowest BCUT2D eigenvalue weighted by molar-refractivity contribution is 0.599. The summed E-state index contributed by atoms with van der Waals surface area (Å²) >= 11 is 0. The van der Waals surface area contributed by atoms with E-state index in [-0.39, 0.29) is 35.9 Å². The Morgan fingerprint density at radius 1 is 1.36 bits per heavy atom. The van der Waals surface area contributed by atoms with Crippen molar-refractivity contribution in [2.24, 2.45) is 0 Å². The Morgan fingerprint density at radius 2 is 2.16 bits per heavy atom. The van der Waals surface area contributed by atoms with Crippen LogP contribution in [0.25, 0.3) is 0 Å². The Bertz CT molecular complexity index is 846. The predicted molar refractivity (Wildman–Crippen MR) is 93.6 cm³/mol. The van der Waals surface area contributed by atoms with E-state index < -0.39 is 9.84 Å². The fraction of sp³-hybridized carbons (Fsp3) is 0.438. The molecular weight excluding hydrogens is 345 g/mol. The highest BCUT2D eigenvalue weighted by molar-refractivity contribution is 7.91. The molecule has 0 spiro atoms. The van der Waals surface area contributed by atoms with Crippen LogP contribution in [0.3, 0.4) is 0 Å². The molecule has 0 radical (unpaired) electrons. The topological polar surface area (TPSA) is 88.1 Å². The van der Waals surface area contributed by atoms with Crippen LogP contribution in [0, 0.1) is 5.82 Å². The molecule has 1 unspecified atom stereocenters. The van der Waals surface area contributed by atoms with Gasteiger partial charge in [0.25, 0.3) is 0 Å². The number of benzene rings is 1. The SMILES string of the molecule is CCN(c1cnnc(NCc2ccccc2F)n1)C1CCS(=O)(=O)C1. The second kappa shape index (κ2) is 7.30. The van der Waals surface area contributed by atoms with E-state index in [0.29, 0.717) is 24.3 Å². The van der Waals surface area contributed by atoms with Gasteiger partial charge in [0.2, 0.25) is 5.95 Å². The minimum Gasteiger partial charge on any atom is -0.351 e. The minimum atomic E-state index is -2.98. The molecule has 1 atom stereocenters. The van der Waals surface area contributed by atoms with Crippen molar-refractivity contribution in [2.75, 3.05) is 28.3 Å². The van der Waals surface area contributed by atoms with Crippen LogP contribution < -0.4 is 10.2 Å². The van der Waals surface area contributed by atoms with Gasteiger partial charge in [0.1, 0.15) is 5.82 Å². The quantitative estimate of drug-likeness (QED) is 0.832. The minimum absolute atomic E-state index is 0.105. The molecular formula is C16H20FN5O2S. The van der Waals surface area contributed by atoms with Crippen molar-refractivity contribution in [2.45, 2.75) is 25.9 Å². The molecule has 2 aromatic rings. The first kappa shape index (κ1) is 17.5. The highest BCUT2D eigenvalue weighted by Gasteiger charge is 2.32. The zero-order chi connectivity index (χ0) is 17.9. The van der Waals surface area contributed by atoms with Gasteiger partial charge in [-0.1, -0.05) is 18.2 Å². The Balaban J connectivity index is 1.73. The molecule has 1 aliphatic heterocycles. The first-order valence-electron chi connectivity index (χ1n) is 8.12. The van der Waals surface area contributed by atoms with Gasteiger partial charge in [-0.25, -0.2) is 12.8 Å². The number of sulfone groups is 1. The summed E-state index contributed by atoms with van der Waals surface area (Å²) < 4.78 is 37.1. The molecule has 134 valence electrons. The summed E-state index contributed by atoms with van der Waals surface area (Å²) in [6.07, 6.45) is 2.10. The van der Waals surface area contributed by atoms with Gasteiger partial charge in [-0.05, 0) is 19.4 Å². The molecule has 1 saturated heterocycles. The summed E-state index contributed by atoms with van der Waals surface area (Å²) in [6.45, 7) is 2.80. The Labute approximate surface area is 146 Å². The number of anilines is 2. The van der Waals surface area contributed by atoms with Crippen LogP contribution in [-0.4, -0.2) is 47.7 Å². The van der Waals surface area contributed by atoms with Crippen LogP contribution in [0.2, 0.25) is 0 Å². The normalized spacial score (nSPS) is 18.9. The summed E-state index contributed by atoms with van der Waals surface area (Å²) in [6, 6.07) is 6.36. The number of hydrogen-bond donors (Lipinski definition) is 1. The summed E-state index contributed by atoms with van der Waals surface area (Å²) in [5, 5.41) is 10.8. The maximum absolute atomic E-state index is 13.7. The Kier molecular flexibility index (Phi) is 5.12. The van der Waals surface area contributed by atoms with Crippen molar-refractivity contribution in [3.05, 3.63) is 41.8 Å². The van der Waals surface area contributed by atoms with E-state index in [9.17, 15) is 12.8 Å². The van der Waals surface area contributed by atoms with Crippen molar-refractivity contribution >= 4 is 21.6 Å². The highest BCUT2D eigenvalue weighted by Crippen LogP contribution is 2.22. The molecule has 0 saturated carbocycles. The summed E-state index contributed by atoms with van der Waals surface area (Å²) in [5.74, 6) is 0.870. The molecule has 1 N–H and O–H groups in total. The lowest BCUT2D eigenvalue weighted by Gasteiger charge is -2.27. The lowest BCUT2D eigenvalue weighted by atomic mass is 10.2. The van der Waals surface area contributed by atoms with E-state index >= 15 is 0 Å². The van der Waals surface area contributed by atoms with Crippen LogP contribution in [0.15, 0.2) is 30.5 Å². The maximum Gasteiger partial charge on any atom is 0.244 e. The number of nitrogens with one attached hydrogen (secondary N) is 1. The van der Waals surface area contributed by atoms with Crippen molar-refractivity contribution < 1.29 is 12.8 Å². The van der Waals surface area contributed by atoms with E-state index in [2.05, 4.69) is 20.5 Å². The molecule has 1 aliphatic rings. The van der Waals surface area contributed by atoms with Gasteiger partial charge in [0.05, 0.1) is 17.7 Å². The summed E-state index contributed by atoms with van der Waals surface area (Å²) in [7, 11) is -2.98. The van der Waals surface area contributed by atoms with Gasteiger partial charge >= 0.3 is 0 Å². The van der Waals surface area contributed by atoms with Crippen molar-refractivity contribution in [1.29, 1.82) is 0 Å². The standard InChI is InChI=1S/C16H20FN5O2S/c1-2-22(13-7-8-25(23,24)11-13)15-10-19-21-16(20-15)18-9-12-5-3-4-6-14(12)17/h3-6,10,13H,2,7-9,11H2,1H3,(H,18,20,21). The molecule has 0 bridgehead atoms. The van der Waals surface area contributed by atoms with Crippen LogP contribution in [0.4, 0.5) is 16.2 Å². The zero-order valence-corrected chi connectivity index (χ0v) is 14.7. The number of hydrogen-bond acceptors (Lipinski definition) is 7. The van der Waals surface area contributed by atoms with Gasteiger partial charge in [0, 0.05) is 24.7 Å². The average Bonchev–Trinajstić information content (AvgIpc) is 2.95. The molecule has 3 rings (SSSR count). The van der Waals surface area contributed by atoms with E-state index in [4.69, 9.17) is 0 Å². The Hall–Kier alpha value is -2.29. The molecule has 2 heterocycles. The van der Waals surface area contributed by atoms with Gasteiger partial charge < -0.3 is 10.2 Å². The van der Waals surface area contributed by atoms with Gasteiger partial charge in [-0.15, -0.1) is 5.10 Å². The van der Waals surface area contributed by atoms with Crippen LogP contribution in [0.5, 0.6) is 0 Å². The highest BCUT2D eigenvalue weighted by atomic mass is 32.2. The van der Waals surface area contributed by atoms with Crippen LogP contribution >= 0.6 is 0 Å². The second-order valence-electron chi connectivity index (χ2n) is 5.93. The van der Waals surface area contributed by atoms with Crippen LogP contribution in [-0.2, 0) is 16.4 Å². The van der Waals surface area contributed by atoms with E-state index in [0.717, 1.165) is 0 Å².